The Hall–Kier alpha value is -2.16. The zero-order valence-corrected chi connectivity index (χ0v) is 14.2. The van der Waals surface area contributed by atoms with Crippen LogP contribution in [0.25, 0.3) is 0 Å². The smallest absolute Gasteiger partial charge is 0.454 e. The minimum atomic E-state index is -0.875. The summed E-state index contributed by atoms with van der Waals surface area (Å²) in [6, 6.07) is 0. The van der Waals surface area contributed by atoms with Crippen LogP contribution in [0, 0.1) is 0 Å². The van der Waals surface area contributed by atoms with E-state index in [2.05, 4.69) is 4.74 Å². The molecule has 0 bridgehead atoms. The maximum Gasteiger partial charge on any atom is 0.508 e. The fourth-order valence-electron chi connectivity index (χ4n) is 1.30. The van der Waals surface area contributed by atoms with Crippen LogP contribution in [0.15, 0.2) is 0 Å². The Morgan fingerprint density at radius 1 is 0.875 bits per heavy atom. The number of ether oxygens (including phenoxy) is 5. The maximum absolute atomic E-state index is 11.4. The van der Waals surface area contributed by atoms with Gasteiger partial charge in [0.05, 0.1) is 13.2 Å². The number of Topliss-reactive ketones (excluding diaryl/α,β-unsaturated/α-hetero) is 1. The van der Waals surface area contributed by atoms with Gasteiger partial charge in [0.15, 0.2) is 18.5 Å². The molecule has 0 aliphatic rings. The molecule has 0 fully saturated rings. The van der Waals surface area contributed by atoms with Crippen LogP contribution in [0.2, 0.25) is 0 Å². The maximum atomic E-state index is 11.4. The molecule has 0 radical (unpaired) electrons. The summed E-state index contributed by atoms with van der Waals surface area (Å²) in [4.78, 5) is 44.7. The Labute approximate surface area is 140 Å². The molecule has 1 atom stereocenters. The van der Waals surface area contributed by atoms with Crippen molar-refractivity contribution in [1.29, 1.82) is 0 Å². The first-order valence-corrected chi connectivity index (χ1v) is 7.50. The second kappa shape index (κ2) is 13.3. The lowest BCUT2D eigenvalue weighted by atomic mass is 10.3. The lowest BCUT2D eigenvalue weighted by Crippen LogP contribution is -2.25. The van der Waals surface area contributed by atoms with Crippen LogP contribution in [0.1, 0.15) is 33.1 Å². The van der Waals surface area contributed by atoms with Crippen LogP contribution in [0.3, 0.4) is 0 Å². The van der Waals surface area contributed by atoms with Gasteiger partial charge < -0.3 is 23.7 Å². The molecular weight excluding hydrogens is 324 g/mol. The molecule has 0 aliphatic carbocycles. The predicted octanol–water partition coefficient (Wildman–Crippen LogP) is 1.02. The zero-order valence-electron chi connectivity index (χ0n) is 14.2. The lowest BCUT2D eigenvalue weighted by molar-refractivity contribution is -0.163. The van der Waals surface area contributed by atoms with E-state index < -0.39 is 30.8 Å². The summed E-state index contributed by atoms with van der Waals surface area (Å²) in [5, 5.41) is 0. The molecule has 0 aromatic rings. The number of hydrogen-bond acceptors (Lipinski definition) is 9. The Morgan fingerprint density at radius 3 is 2.08 bits per heavy atom. The van der Waals surface area contributed by atoms with Gasteiger partial charge in [-0.25, -0.2) is 9.59 Å². The van der Waals surface area contributed by atoms with Gasteiger partial charge in [-0.2, -0.15) is 0 Å². The summed E-state index contributed by atoms with van der Waals surface area (Å²) in [6.07, 6.45) is -0.936. The summed E-state index contributed by atoms with van der Waals surface area (Å²) in [6.45, 7) is 2.80. The molecule has 0 heterocycles. The first kappa shape index (κ1) is 21.8. The van der Waals surface area contributed by atoms with Crippen LogP contribution >= 0.6 is 0 Å². The van der Waals surface area contributed by atoms with Crippen molar-refractivity contribution in [3.63, 3.8) is 0 Å². The number of carbonyl (C=O) groups is 4. The SMILES string of the molecule is COCCCOC(=O)OCCCC(=O)OCC(=O)OC(C)C(C)=O. The summed E-state index contributed by atoms with van der Waals surface area (Å²) in [7, 11) is 1.54. The van der Waals surface area contributed by atoms with Crippen molar-refractivity contribution in [2.45, 2.75) is 39.2 Å². The molecule has 0 aliphatic heterocycles. The van der Waals surface area contributed by atoms with E-state index in [1.165, 1.54) is 13.8 Å². The standard InChI is InChI=1S/C15H24O9/c1-11(16)12(2)24-14(18)10-23-13(17)6-4-8-21-15(19)22-9-5-7-20-3/h12H,4-10H2,1-3H3. The van der Waals surface area contributed by atoms with E-state index in [4.69, 9.17) is 18.9 Å². The van der Waals surface area contributed by atoms with Crippen molar-refractivity contribution in [2.75, 3.05) is 33.5 Å². The fourth-order valence-corrected chi connectivity index (χ4v) is 1.30. The van der Waals surface area contributed by atoms with E-state index in [1.807, 2.05) is 0 Å². The van der Waals surface area contributed by atoms with Crippen molar-refractivity contribution in [3.8, 4) is 0 Å². The summed E-state index contributed by atoms with van der Waals surface area (Å²) < 4.78 is 23.7. The molecule has 24 heavy (non-hydrogen) atoms. The van der Waals surface area contributed by atoms with Crippen molar-refractivity contribution < 1.29 is 42.9 Å². The normalized spacial score (nSPS) is 11.3. The van der Waals surface area contributed by atoms with Crippen molar-refractivity contribution >= 4 is 23.9 Å². The highest BCUT2D eigenvalue weighted by Gasteiger charge is 2.15. The zero-order chi connectivity index (χ0) is 18.4. The Bertz CT molecular complexity index is 419. The van der Waals surface area contributed by atoms with Gasteiger partial charge in [-0.3, -0.25) is 9.59 Å². The van der Waals surface area contributed by atoms with Crippen molar-refractivity contribution in [1.82, 2.24) is 0 Å². The third kappa shape index (κ3) is 12.4. The predicted molar refractivity (Wildman–Crippen MR) is 80.2 cm³/mol. The molecule has 0 aromatic heterocycles. The number of hydrogen-bond donors (Lipinski definition) is 0. The van der Waals surface area contributed by atoms with E-state index >= 15 is 0 Å². The summed E-state index contributed by atoms with van der Waals surface area (Å²) >= 11 is 0. The van der Waals surface area contributed by atoms with Gasteiger partial charge in [-0.15, -0.1) is 0 Å². The molecule has 9 heteroatoms. The number of ketones is 1. The van der Waals surface area contributed by atoms with Gasteiger partial charge in [0.1, 0.15) is 0 Å². The molecule has 0 amide bonds. The second-order valence-electron chi connectivity index (χ2n) is 4.80. The molecule has 138 valence electrons. The van der Waals surface area contributed by atoms with Gasteiger partial charge in [-0.1, -0.05) is 0 Å². The minimum absolute atomic E-state index is 0.00989. The average molecular weight is 348 g/mol. The second-order valence-corrected chi connectivity index (χ2v) is 4.80. The summed E-state index contributed by atoms with van der Waals surface area (Å²) in [5.74, 6) is -1.75. The van der Waals surface area contributed by atoms with Crippen molar-refractivity contribution in [3.05, 3.63) is 0 Å². The van der Waals surface area contributed by atoms with Gasteiger partial charge in [0.25, 0.3) is 0 Å². The lowest BCUT2D eigenvalue weighted by Gasteiger charge is -2.10. The van der Waals surface area contributed by atoms with Crippen LogP contribution in [0.5, 0.6) is 0 Å². The number of rotatable bonds is 12. The Kier molecular flexibility index (Phi) is 12.1. The van der Waals surface area contributed by atoms with Gasteiger partial charge in [0, 0.05) is 26.6 Å². The molecule has 0 rings (SSSR count). The van der Waals surface area contributed by atoms with E-state index in [9.17, 15) is 19.2 Å². The Morgan fingerprint density at radius 2 is 1.50 bits per heavy atom. The highest BCUT2D eigenvalue weighted by Crippen LogP contribution is 1.98. The van der Waals surface area contributed by atoms with Gasteiger partial charge in [-0.05, 0) is 20.3 Å². The third-order valence-corrected chi connectivity index (χ3v) is 2.69. The monoisotopic (exact) mass is 348 g/mol. The molecule has 1 unspecified atom stereocenters. The van der Waals surface area contributed by atoms with Crippen molar-refractivity contribution in [2.24, 2.45) is 0 Å². The molecular formula is C15H24O9. The molecule has 0 N–H and O–H groups in total. The number of carbonyl (C=O) groups excluding carboxylic acids is 4. The van der Waals surface area contributed by atoms with Crippen LogP contribution in [0.4, 0.5) is 4.79 Å². The molecule has 0 saturated carbocycles. The van der Waals surface area contributed by atoms with Gasteiger partial charge >= 0.3 is 18.1 Å². The summed E-state index contributed by atoms with van der Waals surface area (Å²) in [5.41, 5.74) is 0. The molecule has 9 nitrogen and oxygen atoms in total. The number of esters is 2. The first-order valence-electron chi connectivity index (χ1n) is 7.50. The third-order valence-electron chi connectivity index (χ3n) is 2.69. The number of methoxy groups -OCH3 is 1. The quantitative estimate of drug-likeness (QED) is 0.289. The van der Waals surface area contributed by atoms with E-state index in [1.54, 1.807) is 7.11 Å². The van der Waals surface area contributed by atoms with E-state index in [-0.39, 0.29) is 31.8 Å². The Balaban J connectivity index is 3.64. The van der Waals surface area contributed by atoms with E-state index in [0.717, 1.165) is 0 Å². The van der Waals surface area contributed by atoms with Gasteiger partial charge in [0.2, 0.25) is 0 Å². The highest BCUT2D eigenvalue weighted by atomic mass is 16.7. The molecule has 0 spiro atoms. The minimum Gasteiger partial charge on any atom is -0.454 e. The first-order chi connectivity index (χ1) is 11.4. The topological polar surface area (TPSA) is 114 Å². The highest BCUT2D eigenvalue weighted by molar-refractivity contribution is 5.84. The largest absolute Gasteiger partial charge is 0.508 e. The average Bonchev–Trinajstić information content (AvgIpc) is 2.53. The van der Waals surface area contributed by atoms with Crippen LogP contribution < -0.4 is 0 Å². The van der Waals surface area contributed by atoms with Crippen LogP contribution in [-0.2, 0) is 38.1 Å². The van der Waals surface area contributed by atoms with E-state index in [0.29, 0.717) is 13.0 Å². The van der Waals surface area contributed by atoms with Crippen LogP contribution in [-0.4, -0.2) is 63.5 Å². The molecule has 0 aromatic carbocycles. The molecule has 0 saturated heterocycles. The fraction of sp³-hybridized carbons (Fsp3) is 0.733.